The molecule has 11 heteroatoms. The number of rotatable bonds is 4. The fraction of sp³-hybridized carbons (Fsp3) is 0.682. The number of carbonyl (C=O) groups excluding carboxylic acids is 1. The Morgan fingerprint density at radius 2 is 1.88 bits per heavy atom. The lowest BCUT2D eigenvalue weighted by Gasteiger charge is -2.44. The normalized spacial score (nSPS) is 31.0. The number of benzene rings is 1. The molecule has 1 aromatic rings. The molecule has 5 atom stereocenters. The van der Waals surface area contributed by atoms with Gasteiger partial charge in [0.05, 0.1) is 18.9 Å². The highest BCUT2D eigenvalue weighted by atomic mass is 32.2. The van der Waals surface area contributed by atoms with Gasteiger partial charge in [0.1, 0.15) is 23.3 Å². The van der Waals surface area contributed by atoms with Crippen LogP contribution >= 0.6 is 0 Å². The van der Waals surface area contributed by atoms with Crippen LogP contribution in [0.1, 0.15) is 45.3 Å². The second-order valence-corrected chi connectivity index (χ2v) is 12.1. The summed E-state index contributed by atoms with van der Waals surface area (Å²) in [6, 6.07) is 2.39. The van der Waals surface area contributed by atoms with E-state index in [2.05, 4.69) is 10.2 Å². The number of sulfonamides is 1. The molecule has 1 amide bonds. The first-order chi connectivity index (χ1) is 15.3. The van der Waals surface area contributed by atoms with Crippen LogP contribution in [0.4, 0.5) is 13.6 Å². The quantitative estimate of drug-likeness (QED) is 0.702. The third-order valence-electron chi connectivity index (χ3n) is 6.45. The molecule has 0 saturated carbocycles. The molecule has 3 saturated heterocycles. The van der Waals surface area contributed by atoms with Gasteiger partial charge < -0.3 is 14.8 Å². The lowest BCUT2D eigenvalue weighted by Crippen LogP contribution is -2.57. The van der Waals surface area contributed by atoms with Crippen molar-refractivity contribution in [2.45, 2.75) is 69.5 Å². The highest BCUT2D eigenvalue weighted by molar-refractivity contribution is 7.88. The minimum atomic E-state index is -3.26. The van der Waals surface area contributed by atoms with Crippen molar-refractivity contribution >= 4 is 16.1 Å². The van der Waals surface area contributed by atoms with Crippen molar-refractivity contribution in [3.05, 3.63) is 35.4 Å². The van der Waals surface area contributed by atoms with E-state index in [0.29, 0.717) is 19.5 Å². The summed E-state index contributed by atoms with van der Waals surface area (Å²) in [7, 11) is -3.26. The van der Waals surface area contributed by atoms with Crippen LogP contribution in [0.3, 0.4) is 0 Å². The van der Waals surface area contributed by atoms with Crippen LogP contribution in [0, 0.1) is 11.6 Å². The van der Waals surface area contributed by atoms with Gasteiger partial charge in [0.25, 0.3) is 0 Å². The molecule has 3 fully saturated rings. The van der Waals surface area contributed by atoms with E-state index in [0.717, 1.165) is 24.6 Å². The minimum Gasteiger partial charge on any atom is -0.444 e. The van der Waals surface area contributed by atoms with Gasteiger partial charge in [0, 0.05) is 36.8 Å². The number of piperazine rings is 1. The summed E-state index contributed by atoms with van der Waals surface area (Å²) in [6.07, 6.45) is 0.861. The van der Waals surface area contributed by atoms with E-state index in [1.54, 1.807) is 25.1 Å². The topological polar surface area (TPSA) is 88.2 Å². The zero-order valence-corrected chi connectivity index (χ0v) is 20.1. The van der Waals surface area contributed by atoms with Crippen molar-refractivity contribution in [2.24, 2.45) is 0 Å². The minimum absolute atomic E-state index is 0.0423. The Kier molecular flexibility index (Phi) is 6.45. The van der Waals surface area contributed by atoms with Gasteiger partial charge >= 0.3 is 6.09 Å². The molecule has 1 N–H and O–H groups in total. The molecule has 4 rings (SSSR count). The monoisotopic (exact) mass is 487 g/mol. The van der Waals surface area contributed by atoms with Crippen LogP contribution in [0.2, 0.25) is 0 Å². The van der Waals surface area contributed by atoms with Crippen LogP contribution in [-0.2, 0) is 19.5 Å². The Labute approximate surface area is 193 Å². The smallest absolute Gasteiger partial charge is 0.407 e. The van der Waals surface area contributed by atoms with Gasteiger partial charge in [-0.25, -0.2) is 22.0 Å². The Morgan fingerprint density at radius 3 is 2.48 bits per heavy atom. The van der Waals surface area contributed by atoms with Crippen LogP contribution < -0.4 is 5.32 Å². The van der Waals surface area contributed by atoms with Crippen molar-refractivity contribution in [3.63, 3.8) is 0 Å². The number of fused-ring (bicyclic) bond motifs is 2. The van der Waals surface area contributed by atoms with Crippen molar-refractivity contribution in [1.82, 2.24) is 14.5 Å². The van der Waals surface area contributed by atoms with Crippen molar-refractivity contribution in [2.75, 3.05) is 26.0 Å². The summed E-state index contributed by atoms with van der Waals surface area (Å²) < 4.78 is 65.4. The predicted molar refractivity (Wildman–Crippen MR) is 117 cm³/mol. The third kappa shape index (κ3) is 5.31. The maximum atomic E-state index is 14.5. The first-order valence-corrected chi connectivity index (χ1v) is 13.0. The molecule has 3 aliphatic rings. The Morgan fingerprint density at radius 1 is 1.15 bits per heavy atom. The molecular weight excluding hydrogens is 456 g/mol. The third-order valence-corrected chi connectivity index (χ3v) is 7.75. The summed E-state index contributed by atoms with van der Waals surface area (Å²) >= 11 is 0. The van der Waals surface area contributed by atoms with Gasteiger partial charge in [0.2, 0.25) is 10.0 Å². The van der Waals surface area contributed by atoms with Crippen LogP contribution in [-0.4, -0.2) is 79.4 Å². The van der Waals surface area contributed by atoms with Crippen molar-refractivity contribution in [1.29, 1.82) is 0 Å². The highest BCUT2D eigenvalue weighted by Crippen LogP contribution is 2.38. The van der Waals surface area contributed by atoms with Gasteiger partial charge in [0.15, 0.2) is 0 Å². The molecule has 8 nitrogen and oxygen atoms in total. The van der Waals surface area contributed by atoms with E-state index >= 15 is 0 Å². The number of nitrogens with zero attached hydrogens (tertiary/aromatic N) is 2. The molecule has 0 spiro atoms. The molecule has 1 aromatic carbocycles. The number of carbonyl (C=O) groups is 1. The number of ether oxygens (including phenoxy) is 2. The molecule has 0 aliphatic carbocycles. The van der Waals surface area contributed by atoms with Gasteiger partial charge in [-0.1, -0.05) is 0 Å². The SMILES string of the molecule is CC(C)(C)OC(=O)N[C@H]1C[C@@H](N2C[C@@H]3C[C@H]2CN3S(C)(=O)=O)CO[C@@H]1c1cc(F)ccc1F. The molecule has 3 aliphatic heterocycles. The van der Waals surface area contributed by atoms with Crippen LogP contribution in [0.25, 0.3) is 0 Å². The number of alkyl carbamates (subject to hydrolysis) is 1. The van der Waals surface area contributed by atoms with Crippen LogP contribution in [0.15, 0.2) is 18.2 Å². The van der Waals surface area contributed by atoms with Gasteiger partial charge in [-0.3, -0.25) is 4.90 Å². The van der Waals surface area contributed by atoms with Gasteiger partial charge in [-0.15, -0.1) is 0 Å². The summed E-state index contributed by atoms with van der Waals surface area (Å²) in [5, 5.41) is 2.79. The summed E-state index contributed by atoms with van der Waals surface area (Å²) in [5.41, 5.74) is -0.678. The molecule has 0 radical (unpaired) electrons. The second kappa shape index (κ2) is 8.75. The van der Waals surface area contributed by atoms with Crippen molar-refractivity contribution in [3.8, 4) is 0 Å². The van der Waals surface area contributed by atoms with Gasteiger partial charge in [-0.2, -0.15) is 4.31 Å². The maximum absolute atomic E-state index is 14.5. The molecule has 184 valence electrons. The van der Waals surface area contributed by atoms with E-state index in [1.165, 1.54) is 6.26 Å². The number of nitrogens with one attached hydrogen (secondary N) is 1. The van der Waals surface area contributed by atoms with E-state index < -0.39 is 45.5 Å². The zero-order chi connectivity index (χ0) is 24.1. The molecule has 2 bridgehead atoms. The number of amides is 1. The Hall–Kier alpha value is -1.82. The maximum Gasteiger partial charge on any atom is 0.407 e. The average Bonchev–Trinajstić information content (AvgIpc) is 3.29. The fourth-order valence-electron chi connectivity index (χ4n) is 5.19. The number of hydrogen-bond acceptors (Lipinski definition) is 6. The Bertz CT molecular complexity index is 1020. The zero-order valence-electron chi connectivity index (χ0n) is 19.3. The van der Waals surface area contributed by atoms with Crippen molar-refractivity contribution < 1.29 is 31.5 Å². The van der Waals surface area contributed by atoms with E-state index in [1.807, 2.05) is 0 Å². The molecular formula is C22H31F2N3O5S. The summed E-state index contributed by atoms with van der Waals surface area (Å²) in [5.74, 6) is -1.20. The average molecular weight is 488 g/mol. The highest BCUT2D eigenvalue weighted by Gasteiger charge is 2.50. The largest absolute Gasteiger partial charge is 0.444 e. The van der Waals surface area contributed by atoms with E-state index in [9.17, 15) is 22.0 Å². The standard InChI is InChI=1S/C22H31F2N3O5S/c1-22(2,3)32-21(28)25-19-9-16(12-31-20(19)17-7-13(23)5-6-18(17)24)26-10-15-8-14(26)11-27(15)33(4,29)30/h5-7,14-16,19-20H,8-12H2,1-4H3,(H,25,28)/t14-,15-,16+,19-,20+/m0/s1. The second-order valence-electron chi connectivity index (χ2n) is 10.1. The number of likely N-dealkylation sites (tertiary alicyclic amines) is 1. The van der Waals surface area contributed by atoms with E-state index in [-0.39, 0.29) is 30.3 Å². The number of halogens is 2. The molecule has 0 aromatic heterocycles. The molecule has 3 heterocycles. The molecule has 0 unspecified atom stereocenters. The summed E-state index contributed by atoms with van der Waals surface area (Å²) in [6.45, 7) is 6.48. The first kappa shape index (κ1) is 24.3. The lowest BCUT2D eigenvalue weighted by molar-refractivity contribution is -0.0679. The predicted octanol–water partition coefficient (Wildman–Crippen LogP) is 2.41. The van der Waals surface area contributed by atoms with Crippen LogP contribution in [0.5, 0.6) is 0 Å². The molecule has 33 heavy (non-hydrogen) atoms. The lowest BCUT2D eigenvalue weighted by atomic mass is 9.92. The first-order valence-electron chi connectivity index (χ1n) is 11.1. The van der Waals surface area contributed by atoms with E-state index in [4.69, 9.17) is 9.47 Å². The fourth-order valence-corrected chi connectivity index (χ4v) is 6.33. The van der Waals surface area contributed by atoms with Gasteiger partial charge in [-0.05, 0) is 51.8 Å². The summed E-state index contributed by atoms with van der Waals surface area (Å²) in [4.78, 5) is 14.7. The number of hydrogen-bond donors (Lipinski definition) is 1. The Balaban J connectivity index is 1.52.